The van der Waals surface area contributed by atoms with Gasteiger partial charge in [-0.3, -0.25) is 4.68 Å². The molecule has 2 aromatic heterocycles. The summed E-state index contributed by atoms with van der Waals surface area (Å²) in [5.41, 5.74) is 14.0. The predicted molar refractivity (Wildman–Crippen MR) is 96.1 cm³/mol. The highest BCUT2D eigenvalue weighted by Gasteiger charge is 2.20. The molecule has 8 nitrogen and oxygen atoms in total. The van der Waals surface area contributed by atoms with Gasteiger partial charge in [-0.2, -0.15) is 5.10 Å². The van der Waals surface area contributed by atoms with Crippen LogP contribution in [0.5, 0.6) is 5.88 Å². The second-order valence-electron chi connectivity index (χ2n) is 6.28. The molecule has 0 atom stereocenters. The van der Waals surface area contributed by atoms with Crippen molar-refractivity contribution in [2.24, 2.45) is 10.7 Å². The largest absolute Gasteiger partial charge is 0.474 e. The van der Waals surface area contributed by atoms with Crippen LogP contribution < -0.4 is 16.2 Å². The fraction of sp³-hybridized carbons (Fsp3) is 0.471. The summed E-state index contributed by atoms with van der Waals surface area (Å²) in [6.07, 6.45) is 6.78. The molecule has 8 heteroatoms. The molecule has 2 aromatic rings. The molecule has 0 bridgehead atoms. The number of aliphatic imine (C=N–C) groups is 1. The van der Waals surface area contributed by atoms with Gasteiger partial charge in [0.1, 0.15) is 23.2 Å². The number of pyridine rings is 1. The first-order valence-corrected chi connectivity index (χ1v) is 8.42. The van der Waals surface area contributed by atoms with Crippen molar-refractivity contribution in [2.75, 3.05) is 18.9 Å². The summed E-state index contributed by atoms with van der Waals surface area (Å²) in [7, 11) is 0. The van der Waals surface area contributed by atoms with Crippen LogP contribution in [0.3, 0.4) is 0 Å². The number of ether oxygens (including phenoxy) is 2. The van der Waals surface area contributed by atoms with E-state index in [1.807, 2.05) is 24.7 Å². The van der Waals surface area contributed by atoms with E-state index in [4.69, 9.17) is 20.9 Å². The average Bonchev–Trinajstić information content (AvgIpc) is 3.04. The van der Waals surface area contributed by atoms with Crippen LogP contribution in [0, 0.1) is 0 Å². The van der Waals surface area contributed by atoms with E-state index in [9.17, 15) is 0 Å². The Kier molecular flexibility index (Phi) is 5.18. The fourth-order valence-corrected chi connectivity index (χ4v) is 2.62. The number of hydrogen-bond acceptors (Lipinski definition) is 6. The van der Waals surface area contributed by atoms with Gasteiger partial charge in [-0.15, -0.1) is 0 Å². The molecular weight excluding hydrogens is 320 g/mol. The molecule has 1 aliphatic heterocycles. The monoisotopic (exact) mass is 344 g/mol. The SMILES string of the molecule is CC(C)n1cc(N=C(N)c2c(N)ccnc2OC2CCOCC2)cn1. The van der Waals surface area contributed by atoms with Crippen molar-refractivity contribution in [3.8, 4) is 5.88 Å². The summed E-state index contributed by atoms with van der Waals surface area (Å²) in [4.78, 5) is 8.74. The maximum atomic E-state index is 6.21. The minimum absolute atomic E-state index is 0.0401. The summed E-state index contributed by atoms with van der Waals surface area (Å²) in [6, 6.07) is 1.94. The van der Waals surface area contributed by atoms with Gasteiger partial charge >= 0.3 is 0 Å². The summed E-state index contributed by atoms with van der Waals surface area (Å²) in [5.74, 6) is 0.667. The van der Waals surface area contributed by atoms with Crippen molar-refractivity contribution in [2.45, 2.75) is 38.8 Å². The van der Waals surface area contributed by atoms with Crippen LogP contribution in [0.2, 0.25) is 0 Å². The lowest BCUT2D eigenvalue weighted by molar-refractivity contribution is 0.0237. The van der Waals surface area contributed by atoms with Crippen molar-refractivity contribution >= 4 is 17.2 Å². The zero-order valence-corrected chi connectivity index (χ0v) is 14.6. The highest BCUT2D eigenvalue weighted by molar-refractivity contribution is 6.05. The van der Waals surface area contributed by atoms with Crippen LogP contribution in [-0.2, 0) is 4.74 Å². The van der Waals surface area contributed by atoms with Crippen molar-refractivity contribution in [3.63, 3.8) is 0 Å². The second kappa shape index (κ2) is 7.52. The predicted octanol–water partition coefficient (Wildman–Crippen LogP) is 2.04. The minimum Gasteiger partial charge on any atom is -0.474 e. The maximum absolute atomic E-state index is 6.21. The molecule has 0 unspecified atom stereocenters. The van der Waals surface area contributed by atoms with Gasteiger partial charge in [0.05, 0.1) is 25.6 Å². The Bertz CT molecular complexity index is 749. The lowest BCUT2D eigenvalue weighted by Gasteiger charge is -2.24. The summed E-state index contributed by atoms with van der Waals surface area (Å²) < 4.78 is 13.2. The lowest BCUT2D eigenvalue weighted by Crippen LogP contribution is -2.28. The smallest absolute Gasteiger partial charge is 0.226 e. The fourth-order valence-electron chi connectivity index (χ4n) is 2.62. The van der Waals surface area contributed by atoms with Gasteiger partial charge in [0.2, 0.25) is 5.88 Å². The molecule has 1 fully saturated rings. The number of amidine groups is 1. The Morgan fingerprint density at radius 1 is 1.40 bits per heavy atom. The van der Waals surface area contributed by atoms with Crippen molar-refractivity contribution < 1.29 is 9.47 Å². The third-order valence-corrected chi connectivity index (χ3v) is 4.02. The zero-order chi connectivity index (χ0) is 17.8. The van der Waals surface area contributed by atoms with E-state index >= 15 is 0 Å². The number of rotatable bonds is 5. The lowest BCUT2D eigenvalue weighted by atomic mass is 10.1. The Morgan fingerprint density at radius 2 is 2.16 bits per heavy atom. The topological polar surface area (TPSA) is 114 Å². The van der Waals surface area contributed by atoms with Crippen LogP contribution in [0.1, 0.15) is 38.3 Å². The summed E-state index contributed by atoms with van der Waals surface area (Å²) >= 11 is 0. The third-order valence-electron chi connectivity index (χ3n) is 4.02. The van der Waals surface area contributed by atoms with Crippen LogP contribution in [0.25, 0.3) is 0 Å². The van der Waals surface area contributed by atoms with Crippen molar-refractivity contribution in [1.29, 1.82) is 0 Å². The molecule has 3 rings (SSSR count). The number of nitrogens with zero attached hydrogens (tertiary/aromatic N) is 4. The van der Waals surface area contributed by atoms with Gasteiger partial charge in [0, 0.05) is 30.8 Å². The minimum atomic E-state index is 0.0401. The quantitative estimate of drug-likeness (QED) is 0.634. The molecule has 0 aliphatic carbocycles. The molecule has 3 heterocycles. The van der Waals surface area contributed by atoms with Gasteiger partial charge in [-0.05, 0) is 19.9 Å². The van der Waals surface area contributed by atoms with Crippen LogP contribution in [0.4, 0.5) is 11.4 Å². The van der Waals surface area contributed by atoms with Crippen LogP contribution in [-0.4, -0.2) is 39.9 Å². The van der Waals surface area contributed by atoms with Gasteiger partial charge in [0.25, 0.3) is 0 Å². The number of nitrogens with two attached hydrogens (primary N) is 2. The number of nitrogen functional groups attached to an aromatic ring is 1. The van der Waals surface area contributed by atoms with Crippen LogP contribution >= 0.6 is 0 Å². The van der Waals surface area contributed by atoms with Crippen molar-refractivity contribution in [1.82, 2.24) is 14.8 Å². The normalized spacial score (nSPS) is 16.4. The second-order valence-corrected chi connectivity index (χ2v) is 6.28. The van der Waals surface area contributed by atoms with Gasteiger partial charge in [-0.1, -0.05) is 0 Å². The summed E-state index contributed by atoms with van der Waals surface area (Å²) in [6.45, 7) is 5.45. The molecular formula is C17H24N6O2. The van der Waals surface area contributed by atoms with E-state index in [-0.39, 0.29) is 18.0 Å². The standard InChI is InChI=1S/C17H24N6O2/c1-11(2)23-10-12(9-21-23)22-16(19)15-14(18)3-6-20-17(15)25-13-4-7-24-8-5-13/h3,6,9-11,13H,4-5,7-8H2,1-2H3,(H2,18,20)(H2,19,22). The molecule has 0 spiro atoms. The molecule has 25 heavy (non-hydrogen) atoms. The Balaban J connectivity index is 1.87. The van der Waals surface area contributed by atoms with E-state index in [0.717, 1.165) is 12.8 Å². The zero-order valence-electron chi connectivity index (χ0n) is 14.6. The first kappa shape index (κ1) is 17.2. The van der Waals surface area contributed by atoms with Crippen LogP contribution in [0.15, 0.2) is 29.6 Å². The molecule has 1 saturated heterocycles. The van der Waals surface area contributed by atoms with E-state index in [1.54, 1.807) is 18.5 Å². The van der Waals surface area contributed by atoms with Crippen molar-refractivity contribution in [3.05, 3.63) is 30.2 Å². The summed E-state index contributed by atoms with van der Waals surface area (Å²) in [5, 5.41) is 4.26. The molecule has 0 aromatic carbocycles. The maximum Gasteiger partial charge on any atom is 0.226 e. The van der Waals surface area contributed by atoms with Gasteiger partial charge in [0.15, 0.2) is 0 Å². The van der Waals surface area contributed by atoms with Gasteiger partial charge < -0.3 is 20.9 Å². The van der Waals surface area contributed by atoms with E-state index < -0.39 is 0 Å². The molecule has 1 aliphatic rings. The Labute approximate surface area is 146 Å². The third kappa shape index (κ3) is 4.08. The van der Waals surface area contributed by atoms with Gasteiger partial charge in [-0.25, -0.2) is 9.98 Å². The average molecular weight is 344 g/mol. The Hall–Kier alpha value is -2.61. The number of anilines is 1. The number of aromatic nitrogens is 3. The Morgan fingerprint density at radius 3 is 2.84 bits per heavy atom. The molecule has 0 amide bonds. The van der Waals surface area contributed by atoms with E-state index in [2.05, 4.69) is 15.1 Å². The van der Waals surface area contributed by atoms with E-state index in [1.165, 1.54) is 0 Å². The molecule has 4 N–H and O–H groups in total. The highest BCUT2D eigenvalue weighted by atomic mass is 16.5. The highest BCUT2D eigenvalue weighted by Crippen LogP contribution is 2.26. The first-order chi connectivity index (χ1) is 12.0. The van der Waals surface area contributed by atoms with E-state index in [0.29, 0.717) is 36.0 Å². The first-order valence-electron chi connectivity index (χ1n) is 8.42. The molecule has 0 radical (unpaired) electrons. The number of hydrogen-bond donors (Lipinski definition) is 2. The molecule has 0 saturated carbocycles. The molecule has 134 valence electrons.